The maximum atomic E-state index is 12.6. The van der Waals surface area contributed by atoms with E-state index in [0.29, 0.717) is 22.9 Å². The molecule has 0 aliphatic carbocycles. The number of benzene rings is 2. The van der Waals surface area contributed by atoms with Crippen molar-refractivity contribution in [2.24, 2.45) is 0 Å². The Morgan fingerprint density at radius 1 is 1.10 bits per heavy atom. The van der Waals surface area contributed by atoms with E-state index in [-0.39, 0.29) is 5.78 Å². The van der Waals surface area contributed by atoms with Gasteiger partial charge in [0.25, 0.3) is 0 Å². The molecule has 2 aromatic carbocycles. The first-order valence-electron chi connectivity index (χ1n) is 6.72. The third-order valence-electron chi connectivity index (χ3n) is 2.97. The lowest BCUT2D eigenvalue weighted by Gasteiger charge is -2.21. The van der Waals surface area contributed by atoms with Crippen molar-refractivity contribution in [1.29, 1.82) is 0 Å². The molecule has 0 bridgehead atoms. The first kappa shape index (κ1) is 15.5. The fourth-order valence-electron chi connectivity index (χ4n) is 1.97. The Balaban J connectivity index is 2.18. The highest BCUT2D eigenvalue weighted by Crippen LogP contribution is 2.18. The van der Waals surface area contributed by atoms with Crippen LogP contribution in [0, 0.1) is 0 Å². The molecule has 0 amide bonds. The number of Topliss-reactive ketones (excluding diaryl/α,β-unsaturated/α-hetero) is 1. The van der Waals surface area contributed by atoms with E-state index in [4.69, 9.17) is 16.3 Å². The van der Waals surface area contributed by atoms with E-state index in [1.807, 2.05) is 37.2 Å². The first-order valence-corrected chi connectivity index (χ1v) is 7.10. The van der Waals surface area contributed by atoms with Crippen LogP contribution in [0.2, 0.25) is 5.02 Å². The molecule has 0 aliphatic rings. The maximum Gasteiger partial charge on any atom is 0.204 e. The second-order valence-corrected chi connectivity index (χ2v) is 5.49. The number of ether oxygens (including phenoxy) is 1. The van der Waals surface area contributed by atoms with Gasteiger partial charge in [-0.15, -0.1) is 0 Å². The number of hydrogen-bond donors (Lipinski definition) is 0. The maximum absolute atomic E-state index is 12.6. The summed E-state index contributed by atoms with van der Waals surface area (Å²) in [5.74, 6) is 0.606. The van der Waals surface area contributed by atoms with Crippen molar-refractivity contribution in [1.82, 2.24) is 4.90 Å². The normalized spacial score (nSPS) is 12.2. The highest BCUT2D eigenvalue weighted by Gasteiger charge is 2.22. The minimum atomic E-state index is -0.552. The molecule has 0 N–H and O–H groups in total. The third kappa shape index (κ3) is 4.59. The number of carbonyl (C=O) groups is 1. The summed E-state index contributed by atoms with van der Waals surface area (Å²) in [7, 11) is 3.83. The van der Waals surface area contributed by atoms with Gasteiger partial charge in [0, 0.05) is 17.1 Å². The van der Waals surface area contributed by atoms with Gasteiger partial charge < -0.3 is 9.64 Å². The minimum absolute atomic E-state index is 0.0285. The van der Waals surface area contributed by atoms with Crippen LogP contribution in [0.3, 0.4) is 0 Å². The molecule has 1 atom stereocenters. The van der Waals surface area contributed by atoms with Crippen molar-refractivity contribution in [3.05, 3.63) is 65.2 Å². The van der Waals surface area contributed by atoms with Gasteiger partial charge in [-0.1, -0.05) is 41.9 Å². The SMILES string of the molecule is CN(C)C[C@@H](Oc1ccc(Cl)cc1)C(=O)c1ccccc1. The molecule has 0 spiro atoms. The van der Waals surface area contributed by atoms with Gasteiger partial charge in [-0.05, 0) is 38.4 Å². The predicted molar refractivity (Wildman–Crippen MR) is 85.2 cm³/mol. The molecule has 0 saturated heterocycles. The van der Waals surface area contributed by atoms with Crippen molar-refractivity contribution in [2.75, 3.05) is 20.6 Å². The minimum Gasteiger partial charge on any atom is -0.481 e. The highest BCUT2D eigenvalue weighted by atomic mass is 35.5. The van der Waals surface area contributed by atoms with E-state index >= 15 is 0 Å². The van der Waals surface area contributed by atoms with Crippen molar-refractivity contribution in [2.45, 2.75) is 6.10 Å². The first-order chi connectivity index (χ1) is 10.1. The molecular formula is C17H18ClNO2. The van der Waals surface area contributed by atoms with Crippen LogP contribution in [0.25, 0.3) is 0 Å². The van der Waals surface area contributed by atoms with Crippen molar-refractivity contribution < 1.29 is 9.53 Å². The molecule has 0 aliphatic heterocycles. The fourth-order valence-corrected chi connectivity index (χ4v) is 2.10. The Morgan fingerprint density at radius 2 is 1.71 bits per heavy atom. The lowest BCUT2D eigenvalue weighted by atomic mass is 10.1. The molecule has 0 unspecified atom stereocenters. The smallest absolute Gasteiger partial charge is 0.204 e. The largest absolute Gasteiger partial charge is 0.481 e. The Bertz CT molecular complexity index is 581. The summed E-state index contributed by atoms with van der Waals surface area (Å²) in [4.78, 5) is 14.5. The van der Waals surface area contributed by atoms with Crippen molar-refractivity contribution >= 4 is 17.4 Å². The highest BCUT2D eigenvalue weighted by molar-refractivity contribution is 6.30. The van der Waals surface area contributed by atoms with E-state index in [0.717, 1.165) is 0 Å². The quantitative estimate of drug-likeness (QED) is 0.765. The fraction of sp³-hybridized carbons (Fsp3) is 0.235. The Kier molecular flexibility index (Phi) is 5.37. The van der Waals surface area contributed by atoms with Crippen LogP contribution in [-0.4, -0.2) is 37.4 Å². The van der Waals surface area contributed by atoms with E-state index in [1.165, 1.54) is 0 Å². The summed E-state index contributed by atoms with van der Waals surface area (Å²) < 4.78 is 5.85. The number of carbonyl (C=O) groups excluding carboxylic acids is 1. The number of ketones is 1. The molecule has 4 heteroatoms. The summed E-state index contributed by atoms with van der Waals surface area (Å²) in [5, 5.41) is 0.640. The van der Waals surface area contributed by atoms with Crippen molar-refractivity contribution in [3.8, 4) is 5.75 Å². The van der Waals surface area contributed by atoms with Crippen LogP contribution in [0.1, 0.15) is 10.4 Å². The van der Waals surface area contributed by atoms with Crippen molar-refractivity contribution in [3.63, 3.8) is 0 Å². The average molecular weight is 304 g/mol. The molecule has 2 rings (SSSR count). The number of halogens is 1. The summed E-state index contributed by atoms with van der Waals surface area (Å²) in [6.45, 7) is 0.510. The Hall–Kier alpha value is -1.84. The van der Waals surface area contributed by atoms with Gasteiger partial charge in [0.2, 0.25) is 5.78 Å². The zero-order valence-corrected chi connectivity index (χ0v) is 12.9. The van der Waals surface area contributed by atoms with Crippen LogP contribution in [0.4, 0.5) is 0 Å². The summed E-state index contributed by atoms with van der Waals surface area (Å²) in [5.41, 5.74) is 0.651. The third-order valence-corrected chi connectivity index (χ3v) is 3.23. The number of likely N-dealkylation sites (N-methyl/N-ethyl adjacent to an activating group) is 1. The van der Waals surface area contributed by atoms with E-state index in [1.54, 1.807) is 36.4 Å². The molecule has 0 fully saturated rings. The van der Waals surface area contributed by atoms with Crippen LogP contribution in [0.5, 0.6) is 5.75 Å². The molecule has 0 aromatic heterocycles. The second kappa shape index (κ2) is 7.25. The standard InChI is InChI=1S/C17H18ClNO2/c1-19(2)12-16(17(20)13-6-4-3-5-7-13)21-15-10-8-14(18)9-11-15/h3-11,16H,12H2,1-2H3/t16-/m1/s1. The van der Waals surface area contributed by atoms with Gasteiger partial charge >= 0.3 is 0 Å². The van der Waals surface area contributed by atoms with Gasteiger partial charge in [0.05, 0.1) is 0 Å². The van der Waals surface area contributed by atoms with E-state index < -0.39 is 6.10 Å². The van der Waals surface area contributed by atoms with Crippen LogP contribution >= 0.6 is 11.6 Å². The van der Waals surface area contributed by atoms with Crippen LogP contribution in [0.15, 0.2) is 54.6 Å². The molecule has 3 nitrogen and oxygen atoms in total. The molecule has 0 radical (unpaired) electrons. The van der Waals surface area contributed by atoms with Gasteiger partial charge in [-0.2, -0.15) is 0 Å². The molecule has 21 heavy (non-hydrogen) atoms. The number of hydrogen-bond acceptors (Lipinski definition) is 3. The van der Waals surface area contributed by atoms with E-state index in [2.05, 4.69) is 0 Å². The summed E-state index contributed by atoms with van der Waals surface area (Å²) in [6, 6.07) is 16.2. The lowest BCUT2D eigenvalue weighted by molar-refractivity contribution is 0.0744. The second-order valence-electron chi connectivity index (χ2n) is 5.05. The molecule has 110 valence electrons. The average Bonchev–Trinajstić information content (AvgIpc) is 2.48. The van der Waals surface area contributed by atoms with Crippen LogP contribution in [-0.2, 0) is 0 Å². The molecular weight excluding hydrogens is 286 g/mol. The van der Waals surface area contributed by atoms with Gasteiger partial charge in [0.15, 0.2) is 6.10 Å². The number of nitrogens with zero attached hydrogens (tertiary/aromatic N) is 1. The van der Waals surface area contributed by atoms with Gasteiger partial charge in [-0.3, -0.25) is 4.79 Å². The van der Waals surface area contributed by atoms with Crippen LogP contribution < -0.4 is 4.74 Å². The summed E-state index contributed by atoms with van der Waals surface area (Å²) >= 11 is 5.86. The zero-order chi connectivity index (χ0) is 15.2. The summed E-state index contributed by atoms with van der Waals surface area (Å²) in [6.07, 6.45) is -0.552. The number of rotatable bonds is 6. The molecule has 0 saturated carbocycles. The lowest BCUT2D eigenvalue weighted by Crippen LogP contribution is -2.37. The monoisotopic (exact) mass is 303 g/mol. The zero-order valence-electron chi connectivity index (χ0n) is 12.1. The topological polar surface area (TPSA) is 29.5 Å². The Labute approximate surface area is 130 Å². The van der Waals surface area contributed by atoms with Gasteiger partial charge in [0.1, 0.15) is 5.75 Å². The molecule has 0 heterocycles. The van der Waals surface area contributed by atoms with Gasteiger partial charge in [-0.25, -0.2) is 0 Å². The van der Waals surface area contributed by atoms with E-state index in [9.17, 15) is 4.79 Å². The molecule has 2 aromatic rings. The predicted octanol–water partition coefficient (Wildman–Crippen LogP) is 3.53. The Morgan fingerprint density at radius 3 is 2.29 bits per heavy atom.